The lowest BCUT2D eigenvalue weighted by atomic mass is 10.5. The minimum atomic E-state index is -2.88. The minimum absolute atomic E-state index is 0.0914. The summed E-state index contributed by atoms with van der Waals surface area (Å²) in [5.74, 6) is 0.0914. The summed E-state index contributed by atoms with van der Waals surface area (Å²) in [6, 6.07) is 0. The fourth-order valence-corrected chi connectivity index (χ4v) is 1.95. The van der Waals surface area contributed by atoms with E-state index in [-0.39, 0.29) is 5.75 Å². The number of hydrogen-bond acceptors (Lipinski definition) is 3. The van der Waals surface area contributed by atoms with Crippen molar-refractivity contribution in [3.05, 3.63) is 12.3 Å². The Morgan fingerprint density at radius 2 is 2.33 bits per heavy atom. The van der Waals surface area contributed by atoms with Gasteiger partial charge in [-0.2, -0.15) is 0 Å². The fraction of sp³-hybridized carbons (Fsp3) is 0.600. The summed E-state index contributed by atoms with van der Waals surface area (Å²) < 4.78 is 21.7. The van der Waals surface area contributed by atoms with Gasteiger partial charge in [0.2, 0.25) is 0 Å². The molecule has 0 aliphatic carbocycles. The van der Waals surface area contributed by atoms with Crippen LogP contribution in [0.2, 0.25) is 0 Å². The largest absolute Gasteiger partial charge is 0.372 e. The lowest BCUT2D eigenvalue weighted by Gasteiger charge is -1.98. The molecule has 0 aromatic rings. The van der Waals surface area contributed by atoms with Crippen LogP contribution in [-0.2, 0) is 9.84 Å². The molecule has 0 aromatic heterocycles. The van der Waals surface area contributed by atoms with E-state index in [4.69, 9.17) is 0 Å². The van der Waals surface area contributed by atoms with E-state index >= 15 is 0 Å². The van der Waals surface area contributed by atoms with E-state index < -0.39 is 15.2 Å². The van der Waals surface area contributed by atoms with Crippen LogP contribution in [0, 0.1) is 0 Å². The monoisotopic (exact) mass is 147 g/mol. The molecule has 1 fully saturated rings. The van der Waals surface area contributed by atoms with Crippen LogP contribution in [0.3, 0.4) is 0 Å². The zero-order valence-electron chi connectivity index (χ0n) is 5.22. The first kappa shape index (κ1) is 6.61. The van der Waals surface area contributed by atoms with Gasteiger partial charge in [0.05, 0.1) is 5.75 Å². The first-order valence-electron chi connectivity index (χ1n) is 2.68. The van der Waals surface area contributed by atoms with Gasteiger partial charge in [0.25, 0.3) is 0 Å². The van der Waals surface area contributed by atoms with Crippen LogP contribution < -0.4 is 5.32 Å². The molecule has 1 N–H and O–H groups in total. The van der Waals surface area contributed by atoms with Gasteiger partial charge in [-0.15, -0.1) is 0 Å². The summed E-state index contributed by atoms with van der Waals surface area (Å²) in [4.78, 5) is 0. The van der Waals surface area contributed by atoms with Gasteiger partial charge in [0, 0.05) is 5.70 Å². The van der Waals surface area contributed by atoms with Crippen LogP contribution >= 0.6 is 0 Å². The molecule has 0 saturated carbocycles. The summed E-state index contributed by atoms with van der Waals surface area (Å²) >= 11 is 0. The van der Waals surface area contributed by atoms with Crippen molar-refractivity contribution in [2.24, 2.45) is 0 Å². The Balaban J connectivity index is 2.95. The van der Waals surface area contributed by atoms with Gasteiger partial charge in [-0.3, -0.25) is 0 Å². The first-order valence-corrected chi connectivity index (χ1v) is 4.40. The third-order valence-electron chi connectivity index (χ3n) is 1.32. The molecule has 1 aliphatic heterocycles. The minimum Gasteiger partial charge on any atom is -0.372 e. The predicted molar refractivity (Wildman–Crippen MR) is 35.5 cm³/mol. The van der Waals surface area contributed by atoms with Crippen LogP contribution in [0.25, 0.3) is 0 Å². The van der Waals surface area contributed by atoms with E-state index in [1.54, 1.807) is 6.92 Å². The van der Waals surface area contributed by atoms with Crippen LogP contribution in [0.15, 0.2) is 12.3 Å². The fourth-order valence-electron chi connectivity index (χ4n) is 0.787. The zero-order valence-corrected chi connectivity index (χ0v) is 6.03. The molecule has 1 aliphatic rings. The second-order valence-corrected chi connectivity index (χ2v) is 4.52. The molecule has 4 heteroatoms. The molecular formula is C5H9NO2S. The highest BCUT2D eigenvalue weighted by molar-refractivity contribution is 7.92. The van der Waals surface area contributed by atoms with Gasteiger partial charge >= 0.3 is 0 Å². The zero-order chi connectivity index (χ0) is 7.07. The van der Waals surface area contributed by atoms with E-state index in [0.717, 1.165) is 0 Å². The lowest BCUT2D eigenvalue weighted by molar-refractivity contribution is 0.589. The van der Waals surface area contributed by atoms with Crippen molar-refractivity contribution in [3.8, 4) is 0 Å². The van der Waals surface area contributed by atoms with Crippen molar-refractivity contribution in [3.63, 3.8) is 0 Å². The molecule has 1 heterocycles. The molecule has 1 saturated heterocycles. The van der Waals surface area contributed by atoms with E-state index in [1.165, 1.54) is 0 Å². The Bertz CT molecular complexity index is 229. The molecular weight excluding hydrogens is 138 g/mol. The van der Waals surface area contributed by atoms with Crippen molar-refractivity contribution >= 4 is 9.84 Å². The lowest BCUT2D eigenvalue weighted by Crippen LogP contribution is -2.21. The maximum absolute atomic E-state index is 10.8. The molecule has 0 bridgehead atoms. The Morgan fingerprint density at radius 1 is 1.78 bits per heavy atom. The van der Waals surface area contributed by atoms with Gasteiger partial charge in [-0.05, 0) is 6.92 Å². The quantitative estimate of drug-likeness (QED) is 0.519. The van der Waals surface area contributed by atoms with E-state index in [0.29, 0.717) is 5.70 Å². The molecule has 0 spiro atoms. The Kier molecular flexibility index (Phi) is 1.27. The van der Waals surface area contributed by atoms with Crippen molar-refractivity contribution < 1.29 is 8.42 Å². The highest BCUT2D eigenvalue weighted by atomic mass is 32.2. The van der Waals surface area contributed by atoms with Crippen molar-refractivity contribution in [1.29, 1.82) is 0 Å². The van der Waals surface area contributed by atoms with Crippen LogP contribution in [0.5, 0.6) is 0 Å². The Labute approximate surface area is 54.7 Å². The molecule has 9 heavy (non-hydrogen) atoms. The molecule has 0 aromatic carbocycles. The van der Waals surface area contributed by atoms with Gasteiger partial charge in [0.15, 0.2) is 9.84 Å². The highest BCUT2D eigenvalue weighted by Gasteiger charge is 2.28. The van der Waals surface area contributed by atoms with E-state index in [2.05, 4.69) is 11.9 Å². The van der Waals surface area contributed by atoms with Crippen LogP contribution in [0.1, 0.15) is 6.92 Å². The molecule has 1 unspecified atom stereocenters. The topological polar surface area (TPSA) is 46.2 Å². The van der Waals surface area contributed by atoms with Crippen LogP contribution in [0.4, 0.5) is 0 Å². The standard InChI is InChI=1S/C5H9NO2S/c1-4-3-9(7,8)5(2)6-4/h5-6H,1,3H2,2H3. The number of rotatable bonds is 0. The first-order chi connectivity index (χ1) is 4.02. The van der Waals surface area contributed by atoms with E-state index in [1.807, 2.05) is 0 Å². The van der Waals surface area contributed by atoms with E-state index in [9.17, 15) is 8.42 Å². The van der Waals surface area contributed by atoms with Crippen molar-refractivity contribution in [1.82, 2.24) is 5.32 Å². The Hall–Kier alpha value is -0.510. The average molecular weight is 147 g/mol. The summed E-state index contributed by atoms with van der Waals surface area (Å²) in [5.41, 5.74) is 0.600. The SMILES string of the molecule is C=C1CS(=O)(=O)C(C)N1. The average Bonchev–Trinajstić information content (AvgIpc) is 1.79. The molecule has 0 radical (unpaired) electrons. The third-order valence-corrected chi connectivity index (χ3v) is 3.27. The second-order valence-electron chi connectivity index (χ2n) is 2.20. The van der Waals surface area contributed by atoms with Crippen molar-refractivity contribution in [2.45, 2.75) is 12.3 Å². The smallest absolute Gasteiger partial charge is 0.176 e. The molecule has 1 atom stereocenters. The number of sulfone groups is 1. The Morgan fingerprint density at radius 3 is 2.44 bits per heavy atom. The molecule has 52 valence electrons. The normalized spacial score (nSPS) is 32.1. The second kappa shape index (κ2) is 1.73. The molecule has 0 amide bonds. The summed E-state index contributed by atoms with van der Waals surface area (Å²) in [6.45, 7) is 5.13. The maximum atomic E-state index is 10.8. The summed E-state index contributed by atoms with van der Waals surface area (Å²) in [5, 5.41) is 2.28. The van der Waals surface area contributed by atoms with Gasteiger partial charge < -0.3 is 5.32 Å². The maximum Gasteiger partial charge on any atom is 0.176 e. The van der Waals surface area contributed by atoms with Crippen LogP contribution in [-0.4, -0.2) is 19.5 Å². The third kappa shape index (κ3) is 1.08. The van der Waals surface area contributed by atoms with Gasteiger partial charge in [-0.25, -0.2) is 8.42 Å². The predicted octanol–water partition coefficient (Wildman–Crippen LogP) is -0.136. The highest BCUT2D eigenvalue weighted by Crippen LogP contribution is 2.11. The number of hydrogen-bond donors (Lipinski definition) is 1. The van der Waals surface area contributed by atoms with Gasteiger partial charge in [0.1, 0.15) is 5.37 Å². The van der Waals surface area contributed by atoms with Gasteiger partial charge in [-0.1, -0.05) is 6.58 Å². The molecule has 1 rings (SSSR count). The molecule has 3 nitrogen and oxygen atoms in total. The van der Waals surface area contributed by atoms with Crippen molar-refractivity contribution in [2.75, 3.05) is 5.75 Å². The summed E-state index contributed by atoms with van der Waals surface area (Å²) in [6.07, 6.45) is 0. The number of nitrogens with one attached hydrogen (secondary N) is 1. The summed E-state index contributed by atoms with van der Waals surface area (Å²) in [7, 11) is -2.88.